The van der Waals surface area contributed by atoms with Crippen LogP contribution < -0.4 is 4.90 Å². The van der Waals surface area contributed by atoms with Crippen molar-refractivity contribution >= 4 is 23.2 Å². The number of amides is 1. The number of carbonyl (C=O) groups excluding carboxylic acids is 1. The van der Waals surface area contributed by atoms with E-state index in [9.17, 15) is 4.79 Å². The zero-order valence-electron chi connectivity index (χ0n) is 14.6. The Morgan fingerprint density at radius 3 is 2.77 bits per heavy atom. The van der Waals surface area contributed by atoms with Crippen molar-refractivity contribution in [3.63, 3.8) is 0 Å². The third kappa shape index (κ3) is 3.90. The molecular formula is C20H22ClN3O2. The van der Waals surface area contributed by atoms with Crippen LogP contribution in [0.1, 0.15) is 12.1 Å². The fraction of sp³-hybridized carbons (Fsp3) is 0.400. The third-order valence-corrected chi connectivity index (χ3v) is 5.35. The predicted molar refractivity (Wildman–Crippen MR) is 101 cm³/mol. The summed E-state index contributed by atoms with van der Waals surface area (Å²) in [5, 5.41) is 0.654. The molecule has 0 bridgehead atoms. The van der Waals surface area contributed by atoms with Gasteiger partial charge in [-0.2, -0.15) is 0 Å². The van der Waals surface area contributed by atoms with E-state index in [1.54, 1.807) is 6.20 Å². The summed E-state index contributed by atoms with van der Waals surface area (Å²) < 4.78 is 5.93. The molecule has 0 saturated carbocycles. The van der Waals surface area contributed by atoms with Crippen molar-refractivity contribution < 1.29 is 9.53 Å². The standard InChI is InChI=1S/C20H22ClN3O2/c21-16-6-7-17(22-10-16)13-23-9-8-19-15(11-23)12-24(20(25)14-26-19)18-4-2-1-3-5-18/h1-7,10,15,19H,8-9,11-14H2/t15-,19+/m1/s1. The lowest BCUT2D eigenvalue weighted by atomic mass is 9.93. The van der Waals surface area contributed by atoms with Crippen LogP contribution in [0.2, 0.25) is 5.02 Å². The van der Waals surface area contributed by atoms with Crippen molar-refractivity contribution in [2.75, 3.05) is 31.1 Å². The summed E-state index contributed by atoms with van der Waals surface area (Å²) >= 11 is 5.92. The molecule has 2 fully saturated rings. The Hall–Kier alpha value is -1.95. The summed E-state index contributed by atoms with van der Waals surface area (Å²) in [6.45, 7) is 3.49. The first-order valence-electron chi connectivity index (χ1n) is 8.99. The minimum absolute atomic E-state index is 0.0384. The molecule has 0 spiro atoms. The lowest BCUT2D eigenvalue weighted by Gasteiger charge is -2.38. The van der Waals surface area contributed by atoms with Crippen molar-refractivity contribution in [1.29, 1.82) is 0 Å². The summed E-state index contributed by atoms with van der Waals surface area (Å²) in [5.41, 5.74) is 1.96. The van der Waals surface area contributed by atoms with Crippen LogP contribution in [0.15, 0.2) is 48.7 Å². The first-order valence-corrected chi connectivity index (χ1v) is 9.36. The second-order valence-electron chi connectivity index (χ2n) is 6.94. The molecule has 5 nitrogen and oxygen atoms in total. The minimum Gasteiger partial charge on any atom is -0.368 e. The number of nitrogens with zero attached hydrogens (tertiary/aromatic N) is 3. The van der Waals surface area contributed by atoms with Gasteiger partial charge in [-0.25, -0.2) is 0 Å². The molecular weight excluding hydrogens is 350 g/mol. The van der Waals surface area contributed by atoms with E-state index >= 15 is 0 Å². The van der Waals surface area contributed by atoms with E-state index in [1.807, 2.05) is 47.4 Å². The number of halogens is 1. The van der Waals surface area contributed by atoms with Gasteiger partial charge in [-0.05, 0) is 30.7 Å². The van der Waals surface area contributed by atoms with Crippen LogP contribution in [0, 0.1) is 5.92 Å². The van der Waals surface area contributed by atoms with Gasteiger partial charge in [-0.1, -0.05) is 29.8 Å². The highest BCUT2D eigenvalue weighted by atomic mass is 35.5. The number of aromatic nitrogens is 1. The van der Waals surface area contributed by atoms with E-state index in [0.29, 0.717) is 17.5 Å². The molecule has 0 N–H and O–H groups in total. The highest BCUT2D eigenvalue weighted by molar-refractivity contribution is 6.30. The Kier molecular flexibility index (Phi) is 5.20. The number of benzene rings is 1. The Morgan fingerprint density at radius 1 is 1.15 bits per heavy atom. The molecule has 6 heteroatoms. The van der Waals surface area contributed by atoms with E-state index < -0.39 is 0 Å². The molecule has 136 valence electrons. The Morgan fingerprint density at radius 2 is 2.00 bits per heavy atom. The molecule has 2 saturated heterocycles. The average molecular weight is 372 g/mol. The highest BCUT2D eigenvalue weighted by Gasteiger charge is 2.36. The normalized spacial score (nSPS) is 24.2. The SMILES string of the molecule is O=C1CO[C@H]2CCN(Cc3ccc(Cl)cn3)C[C@@H]2CN1c1ccccc1. The fourth-order valence-corrected chi connectivity index (χ4v) is 3.92. The topological polar surface area (TPSA) is 45.7 Å². The molecule has 3 heterocycles. The molecule has 0 aliphatic carbocycles. The number of ether oxygens (including phenoxy) is 1. The average Bonchev–Trinajstić information content (AvgIpc) is 2.83. The lowest BCUT2D eigenvalue weighted by Crippen LogP contribution is -2.47. The maximum Gasteiger partial charge on any atom is 0.252 e. The number of hydrogen-bond acceptors (Lipinski definition) is 4. The maximum atomic E-state index is 12.5. The van der Waals surface area contributed by atoms with Crippen molar-refractivity contribution in [2.24, 2.45) is 5.92 Å². The number of carbonyl (C=O) groups is 1. The quantitative estimate of drug-likeness (QED) is 0.832. The number of fused-ring (bicyclic) bond motifs is 1. The second kappa shape index (κ2) is 7.74. The van der Waals surface area contributed by atoms with Gasteiger partial charge in [0, 0.05) is 44.0 Å². The molecule has 2 atom stereocenters. The van der Waals surface area contributed by atoms with Gasteiger partial charge in [0.05, 0.1) is 16.8 Å². The molecule has 26 heavy (non-hydrogen) atoms. The molecule has 1 aromatic heterocycles. The van der Waals surface area contributed by atoms with Gasteiger partial charge in [-0.3, -0.25) is 14.7 Å². The number of pyridine rings is 1. The number of likely N-dealkylation sites (tertiary alicyclic amines) is 1. The van der Waals surface area contributed by atoms with Crippen molar-refractivity contribution in [3.05, 3.63) is 59.4 Å². The molecule has 4 rings (SSSR count). The van der Waals surface area contributed by atoms with Crippen molar-refractivity contribution in [1.82, 2.24) is 9.88 Å². The molecule has 0 unspecified atom stereocenters. The van der Waals surface area contributed by atoms with Gasteiger partial charge >= 0.3 is 0 Å². The fourth-order valence-electron chi connectivity index (χ4n) is 3.80. The van der Waals surface area contributed by atoms with Gasteiger partial charge in [0.15, 0.2) is 0 Å². The minimum atomic E-state index is 0.0384. The monoisotopic (exact) mass is 371 g/mol. The van der Waals surface area contributed by atoms with Gasteiger partial charge in [-0.15, -0.1) is 0 Å². The first-order chi connectivity index (χ1) is 12.7. The van der Waals surface area contributed by atoms with Crippen LogP contribution in [-0.4, -0.2) is 48.1 Å². The van der Waals surface area contributed by atoms with Gasteiger partial charge in [0.2, 0.25) is 0 Å². The van der Waals surface area contributed by atoms with E-state index in [1.165, 1.54) is 0 Å². The molecule has 2 aromatic rings. The largest absolute Gasteiger partial charge is 0.368 e. The predicted octanol–water partition coefficient (Wildman–Crippen LogP) is 2.99. The summed E-state index contributed by atoms with van der Waals surface area (Å²) in [5.74, 6) is 0.333. The second-order valence-corrected chi connectivity index (χ2v) is 7.38. The Balaban J connectivity index is 1.47. The summed E-state index contributed by atoms with van der Waals surface area (Å²) in [6, 6.07) is 13.7. The van der Waals surface area contributed by atoms with E-state index in [4.69, 9.17) is 16.3 Å². The zero-order chi connectivity index (χ0) is 17.9. The van der Waals surface area contributed by atoms with Gasteiger partial charge in [0.1, 0.15) is 6.61 Å². The number of hydrogen-bond donors (Lipinski definition) is 0. The number of piperidine rings is 1. The van der Waals surface area contributed by atoms with Crippen molar-refractivity contribution in [2.45, 2.75) is 19.1 Å². The van der Waals surface area contributed by atoms with Crippen LogP contribution in [0.25, 0.3) is 0 Å². The van der Waals surface area contributed by atoms with Crippen LogP contribution in [0.5, 0.6) is 0 Å². The maximum absolute atomic E-state index is 12.5. The molecule has 2 aliphatic heterocycles. The Bertz CT molecular complexity index is 753. The Labute approximate surface area is 158 Å². The van der Waals surface area contributed by atoms with Gasteiger partial charge < -0.3 is 9.64 Å². The van der Waals surface area contributed by atoms with Gasteiger partial charge in [0.25, 0.3) is 5.91 Å². The van der Waals surface area contributed by atoms with Crippen molar-refractivity contribution in [3.8, 4) is 0 Å². The van der Waals surface area contributed by atoms with Crippen LogP contribution in [0.4, 0.5) is 5.69 Å². The first kappa shape index (κ1) is 17.5. The lowest BCUT2D eigenvalue weighted by molar-refractivity contribution is -0.124. The number of anilines is 1. The number of rotatable bonds is 3. The van der Waals surface area contributed by atoms with E-state index in [-0.39, 0.29) is 18.6 Å². The van der Waals surface area contributed by atoms with E-state index in [2.05, 4.69) is 9.88 Å². The molecule has 2 aliphatic rings. The molecule has 1 amide bonds. The number of para-hydroxylation sites is 1. The third-order valence-electron chi connectivity index (χ3n) is 5.13. The van der Waals surface area contributed by atoms with Crippen LogP contribution in [-0.2, 0) is 16.1 Å². The smallest absolute Gasteiger partial charge is 0.252 e. The molecule has 0 radical (unpaired) electrons. The zero-order valence-corrected chi connectivity index (χ0v) is 15.3. The highest BCUT2D eigenvalue weighted by Crippen LogP contribution is 2.27. The summed E-state index contributed by atoms with van der Waals surface area (Å²) in [4.78, 5) is 21.2. The molecule has 1 aromatic carbocycles. The van der Waals surface area contributed by atoms with Crippen LogP contribution in [0.3, 0.4) is 0 Å². The van der Waals surface area contributed by atoms with Crippen LogP contribution >= 0.6 is 11.6 Å². The summed E-state index contributed by atoms with van der Waals surface area (Å²) in [6.07, 6.45) is 2.77. The van der Waals surface area contributed by atoms with E-state index in [0.717, 1.165) is 37.4 Å². The summed E-state index contributed by atoms with van der Waals surface area (Å²) in [7, 11) is 0.